The summed E-state index contributed by atoms with van der Waals surface area (Å²) in [4.78, 5) is 8.80. The molecule has 0 bridgehead atoms. The highest BCUT2D eigenvalue weighted by Crippen LogP contribution is 2.36. The van der Waals surface area contributed by atoms with Gasteiger partial charge in [0.15, 0.2) is 11.5 Å². The van der Waals surface area contributed by atoms with Gasteiger partial charge in [-0.15, -0.1) is 12.4 Å². The topological polar surface area (TPSA) is 56.3 Å². The summed E-state index contributed by atoms with van der Waals surface area (Å²) in [6, 6.07) is 22.4. The average Bonchev–Trinajstić information content (AvgIpc) is 2.73. The molecule has 1 aromatic heterocycles. The van der Waals surface area contributed by atoms with Crippen molar-refractivity contribution < 1.29 is 9.47 Å². The third-order valence-corrected chi connectivity index (χ3v) is 4.53. The van der Waals surface area contributed by atoms with E-state index in [2.05, 4.69) is 39.6 Å². The number of nitrogens with one attached hydrogen (secondary N) is 1. The van der Waals surface area contributed by atoms with Crippen molar-refractivity contribution in [3.63, 3.8) is 0 Å². The van der Waals surface area contributed by atoms with Crippen molar-refractivity contribution >= 4 is 34.8 Å². The van der Waals surface area contributed by atoms with Gasteiger partial charge in [-0.25, -0.2) is 9.97 Å². The van der Waals surface area contributed by atoms with E-state index in [1.807, 2.05) is 42.5 Å². The Labute approximate surface area is 168 Å². The molecule has 0 atom stereocenters. The zero-order chi connectivity index (χ0) is 18.1. The lowest BCUT2D eigenvalue weighted by molar-refractivity contribution is 0.172. The number of rotatable bonds is 3. The molecule has 0 spiro atoms. The second kappa shape index (κ2) is 7.74. The molecule has 1 aliphatic heterocycles. The van der Waals surface area contributed by atoms with E-state index in [0.717, 1.165) is 39.5 Å². The van der Waals surface area contributed by atoms with Crippen LogP contribution in [-0.4, -0.2) is 23.2 Å². The van der Waals surface area contributed by atoms with E-state index in [1.165, 1.54) is 5.56 Å². The minimum absolute atomic E-state index is 0. The van der Waals surface area contributed by atoms with Gasteiger partial charge in [-0.05, 0) is 29.3 Å². The van der Waals surface area contributed by atoms with Crippen LogP contribution in [0.4, 0.5) is 11.5 Å². The second-order valence-electron chi connectivity index (χ2n) is 6.31. The summed E-state index contributed by atoms with van der Waals surface area (Å²) in [5.41, 5.74) is 4.10. The number of anilines is 2. The first-order valence-corrected chi connectivity index (χ1v) is 8.84. The van der Waals surface area contributed by atoms with Gasteiger partial charge in [0, 0.05) is 17.1 Å². The molecular formula is C22H18ClN3O2. The minimum atomic E-state index is 0. The van der Waals surface area contributed by atoms with Gasteiger partial charge in [0.25, 0.3) is 0 Å². The van der Waals surface area contributed by atoms with Crippen molar-refractivity contribution in [2.75, 3.05) is 18.5 Å². The van der Waals surface area contributed by atoms with Crippen molar-refractivity contribution in [1.82, 2.24) is 9.97 Å². The molecule has 5 rings (SSSR count). The van der Waals surface area contributed by atoms with E-state index in [-0.39, 0.29) is 12.4 Å². The van der Waals surface area contributed by atoms with Gasteiger partial charge in [-0.3, -0.25) is 0 Å². The predicted molar refractivity (Wildman–Crippen MR) is 113 cm³/mol. The first-order chi connectivity index (χ1) is 13.4. The standard InChI is InChI=1S/C22H17N3O2.ClH/c1-2-5-15(6-3-1)16-7-4-8-17(11-16)25-22-18-12-20-21(27-10-9-26-20)13-19(18)23-14-24-22;/h1-8,11-14H,9-10H2,(H,23,24,25);1H. The number of fused-ring (bicyclic) bond motifs is 2. The lowest BCUT2D eigenvalue weighted by atomic mass is 10.1. The molecule has 28 heavy (non-hydrogen) atoms. The van der Waals surface area contributed by atoms with Crippen LogP contribution < -0.4 is 14.8 Å². The van der Waals surface area contributed by atoms with Crippen molar-refractivity contribution in [2.24, 2.45) is 0 Å². The maximum Gasteiger partial charge on any atom is 0.163 e. The van der Waals surface area contributed by atoms with Gasteiger partial charge in [0.1, 0.15) is 25.4 Å². The lowest BCUT2D eigenvalue weighted by Gasteiger charge is -2.19. The smallest absolute Gasteiger partial charge is 0.163 e. The molecule has 3 aromatic carbocycles. The van der Waals surface area contributed by atoms with Gasteiger partial charge in [0.2, 0.25) is 0 Å². The molecule has 2 heterocycles. The van der Waals surface area contributed by atoms with Crippen LogP contribution in [0, 0.1) is 0 Å². The average molecular weight is 392 g/mol. The first kappa shape index (κ1) is 18.1. The number of hydrogen-bond acceptors (Lipinski definition) is 5. The molecule has 6 heteroatoms. The van der Waals surface area contributed by atoms with Crippen LogP contribution in [0.15, 0.2) is 73.1 Å². The van der Waals surface area contributed by atoms with Gasteiger partial charge >= 0.3 is 0 Å². The number of nitrogens with zero attached hydrogens (tertiary/aromatic N) is 2. The summed E-state index contributed by atoms with van der Waals surface area (Å²) >= 11 is 0. The molecule has 5 nitrogen and oxygen atoms in total. The monoisotopic (exact) mass is 391 g/mol. The fourth-order valence-corrected chi connectivity index (χ4v) is 3.24. The third kappa shape index (κ3) is 3.44. The summed E-state index contributed by atoms with van der Waals surface area (Å²) in [6.45, 7) is 1.11. The normalized spacial score (nSPS) is 12.3. The van der Waals surface area contributed by atoms with Crippen LogP contribution in [0.25, 0.3) is 22.0 Å². The molecule has 0 fully saturated rings. The van der Waals surface area contributed by atoms with E-state index < -0.39 is 0 Å². The fourth-order valence-electron chi connectivity index (χ4n) is 3.24. The summed E-state index contributed by atoms with van der Waals surface area (Å²) in [7, 11) is 0. The van der Waals surface area contributed by atoms with Crippen LogP contribution in [-0.2, 0) is 0 Å². The van der Waals surface area contributed by atoms with Crippen molar-refractivity contribution in [1.29, 1.82) is 0 Å². The molecule has 1 aliphatic rings. The Morgan fingerprint density at radius 2 is 1.50 bits per heavy atom. The Morgan fingerprint density at radius 1 is 0.750 bits per heavy atom. The van der Waals surface area contributed by atoms with Crippen LogP contribution in [0.1, 0.15) is 0 Å². The summed E-state index contributed by atoms with van der Waals surface area (Å²) in [5.74, 6) is 2.19. The van der Waals surface area contributed by atoms with Crippen molar-refractivity contribution in [3.05, 3.63) is 73.1 Å². The van der Waals surface area contributed by atoms with Gasteiger partial charge in [-0.2, -0.15) is 0 Å². The lowest BCUT2D eigenvalue weighted by Crippen LogP contribution is -2.15. The van der Waals surface area contributed by atoms with Crippen LogP contribution in [0.5, 0.6) is 11.5 Å². The molecular weight excluding hydrogens is 374 g/mol. The molecule has 4 aromatic rings. The van der Waals surface area contributed by atoms with Crippen LogP contribution in [0.3, 0.4) is 0 Å². The highest BCUT2D eigenvalue weighted by atomic mass is 35.5. The zero-order valence-electron chi connectivity index (χ0n) is 15.0. The van der Waals surface area contributed by atoms with E-state index in [0.29, 0.717) is 13.2 Å². The molecule has 0 saturated heterocycles. The largest absolute Gasteiger partial charge is 0.486 e. The highest BCUT2D eigenvalue weighted by molar-refractivity contribution is 5.93. The number of benzene rings is 3. The van der Waals surface area contributed by atoms with E-state index in [9.17, 15) is 0 Å². The SMILES string of the molecule is Cl.c1ccc(-c2cccc(Nc3ncnc4cc5c(cc34)OCCO5)c2)cc1. The highest BCUT2D eigenvalue weighted by Gasteiger charge is 2.15. The fraction of sp³-hybridized carbons (Fsp3) is 0.0909. The third-order valence-electron chi connectivity index (χ3n) is 4.53. The molecule has 140 valence electrons. The molecule has 0 saturated carbocycles. The Balaban J connectivity index is 0.00000192. The number of ether oxygens (including phenoxy) is 2. The van der Waals surface area contributed by atoms with Crippen molar-refractivity contribution in [2.45, 2.75) is 0 Å². The Hall–Kier alpha value is -3.31. The summed E-state index contributed by atoms with van der Waals surface area (Å²) < 4.78 is 11.4. The quantitative estimate of drug-likeness (QED) is 0.518. The maximum atomic E-state index is 5.71. The summed E-state index contributed by atoms with van der Waals surface area (Å²) in [5, 5.41) is 4.31. The van der Waals surface area contributed by atoms with Crippen LogP contribution >= 0.6 is 12.4 Å². The number of halogens is 1. The Morgan fingerprint density at radius 3 is 2.32 bits per heavy atom. The molecule has 0 unspecified atom stereocenters. The van der Waals surface area contributed by atoms with E-state index in [4.69, 9.17) is 9.47 Å². The van der Waals surface area contributed by atoms with Crippen LogP contribution in [0.2, 0.25) is 0 Å². The zero-order valence-corrected chi connectivity index (χ0v) is 15.8. The van der Waals surface area contributed by atoms with Gasteiger partial charge in [0.05, 0.1) is 5.52 Å². The molecule has 1 N–H and O–H groups in total. The van der Waals surface area contributed by atoms with E-state index in [1.54, 1.807) is 6.33 Å². The molecule has 0 aliphatic carbocycles. The summed E-state index contributed by atoms with van der Waals surface area (Å²) in [6.07, 6.45) is 1.56. The van der Waals surface area contributed by atoms with Crippen molar-refractivity contribution in [3.8, 4) is 22.6 Å². The van der Waals surface area contributed by atoms with E-state index >= 15 is 0 Å². The Kier molecular flexibility index (Phi) is 5.00. The predicted octanol–water partition coefficient (Wildman–Crippen LogP) is 5.23. The maximum absolute atomic E-state index is 5.71. The second-order valence-corrected chi connectivity index (χ2v) is 6.31. The van der Waals surface area contributed by atoms with Gasteiger partial charge in [-0.1, -0.05) is 42.5 Å². The molecule has 0 radical (unpaired) electrons. The molecule has 0 amide bonds. The first-order valence-electron chi connectivity index (χ1n) is 8.84. The minimum Gasteiger partial charge on any atom is -0.486 e. The number of aromatic nitrogens is 2. The number of hydrogen-bond donors (Lipinski definition) is 1. The van der Waals surface area contributed by atoms with Gasteiger partial charge < -0.3 is 14.8 Å². The Bertz CT molecular complexity index is 1120.